The highest BCUT2D eigenvalue weighted by Crippen LogP contribution is 2.25. The Labute approximate surface area is 163 Å². The van der Waals surface area contributed by atoms with Crippen molar-refractivity contribution in [2.45, 2.75) is 13.0 Å². The Morgan fingerprint density at radius 1 is 1.19 bits per heavy atom. The number of aliphatic imine (C=N–C) groups is 1. The molecule has 2 aromatic rings. The van der Waals surface area contributed by atoms with Crippen LogP contribution in [0, 0.1) is 17.6 Å². The largest absolute Gasteiger partial charge is 0.371 e. The van der Waals surface area contributed by atoms with E-state index in [2.05, 4.69) is 20.5 Å². The van der Waals surface area contributed by atoms with Gasteiger partial charge in [0.1, 0.15) is 0 Å². The first kappa shape index (κ1) is 19.4. The molecule has 1 aliphatic rings. The fourth-order valence-electron chi connectivity index (χ4n) is 3.20. The Balaban J connectivity index is 1.48. The lowest BCUT2D eigenvalue weighted by atomic mass is 10.1. The van der Waals surface area contributed by atoms with Crippen molar-refractivity contribution in [2.75, 3.05) is 31.6 Å². The Kier molecular flexibility index (Phi) is 6.50. The summed E-state index contributed by atoms with van der Waals surface area (Å²) < 4.78 is 26.5. The van der Waals surface area contributed by atoms with Crippen molar-refractivity contribution in [3.8, 4) is 0 Å². The predicted molar refractivity (Wildman–Crippen MR) is 106 cm³/mol. The molecular formula is C20H23ClF2N4. The van der Waals surface area contributed by atoms with Gasteiger partial charge in [0.2, 0.25) is 0 Å². The van der Waals surface area contributed by atoms with Gasteiger partial charge in [-0.2, -0.15) is 0 Å². The minimum atomic E-state index is -0.815. The summed E-state index contributed by atoms with van der Waals surface area (Å²) in [6.45, 7) is 2.95. The molecule has 4 nitrogen and oxygen atoms in total. The lowest BCUT2D eigenvalue weighted by Gasteiger charge is -2.19. The molecule has 2 aromatic carbocycles. The van der Waals surface area contributed by atoms with Crippen LogP contribution in [-0.2, 0) is 6.54 Å². The summed E-state index contributed by atoms with van der Waals surface area (Å²) in [4.78, 5) is 6.32. The standard InChI is InChI=1S/C20H23ClF2N4/c1-24-20(26-12-15-4-2-3-5-17(15)21)25-11-14-8-9-27(13-14)16-6-7-18(22)19(23)10-16/h2-7,10,14H,8-9,11-13H2,1H3,(H2,24,25,26). The van der Waals surface area contributed by atoms with Crippen molar-refractivity contribution in [2.24, 2.45) is 10.9 Å². The second-order valence-electron chi connectivity index (χ2n) is 6.60. The van der Waals surface area contributed by atoms with Gasteiger partial charge in [-0.25, -0.2) is 8.78 Å². The summed E-state index contributed by atoms with van der Waals surface area (Å²) >= 11 is 6.17. The van der Waals surface area contributed by atoms with E-state index in [1.165, 1.54) is 12.1 Å². The van der Waals surface area contributed by atoms with Gasteiger partial charge in [-0.05, 0) is 36.1 Å². The summed E-state index contributed by atoms with van der Waals surface area (Å²) in [5, 5.41) is 7.31. The molecule has 0 saturated carbocycles. The molecule has 0 aromatic heterocycles. The predicted octanol–water partition coefficient (Wildman–Crippen LogP) is 3.81. The molecule has 0 amide bonds. The summed E-state index contributed by atoms with van der Waals surface area (Å²) in [6.07, 6.45) is 0.980. The highest BCUT2D eigenvalue weighted by Gasteiger charge is 2.23. The lowest BCUT2D eigenvalue weighted by molar-refractivity contribution is 0.508. The number of anilines is 1. The van der Waals surface area contributed by atoms with Gasteiger partial charge in [0.05, 0.1) is 0 Å². The lowest BCUT2D eigenvalue weighted by Crippen LogP contribution is -2.40. The van der Waals surface area contributed by atoms with Crippen LogP contribution in [-0.4, -0.2) is 32.6 Å². The molecule has 1 heterocycles. The smallest absolute Gasteiger partial charge is 0.191 e. The van der Waals surface area contributed by atoms with Crippen molar-refractivity contribution in [3.05, 3.63) is 64.7 Å². The van der Waals surface area contributed by atoms with Gasteiger partial charge in [-0.3, -0.25) is 4.99 Å². The third-order valence-electron chi connectivity index (χ3n) is 4.74. The molecule has 3 rings (SSSR count). The van der Waals surface area contributed by atoms with Crippen LogP contribution in [0.4, 0.5) is 14.5 Å². The Morgan fingerprint density at radius 3 is 2.74 bits per heavy atom. The van der Waals surface area contributed by atoms with Gasteiger partial charge in [0.15, 0.2) is 17.6 Å². The number of rotatable bonds is 5. The van der Waals surface area contributed by atoms with Crippen LogP contribution in [0.15, 0.2) is 47.5 Å². The molecule has 0 spiro atoms. The Morgan fingerprint density at radius 2 is 2.00 bits per heavy atom. The summed E-state index contributed by atoms with van der Waals surface area (Å²) in [5.74, 6) is -0.513. The first-order chi connectivity index (χ1) is 13.1. The van der Waals surface area contributed by atoms with E-state index in [-0.39, 0.29) is 0 Å². The van der Waals surface area contributed by atoms with Crippen LogP contribution in [0.3, 0.4) is 0 Å². The zero-order valence-electron chi connectivity index (χ0n) is 15.2. The third kappa shape index (κ3) is 5.10. The number of hydrogen-bond acceptors (Lipinski definition) is 2. The fourth-order valence-corrected chi connectivity index (χ4v) is 3.40. The summed E-state index contributed by atoms with van der Waals surface area (Å²) in [7, 11) is 1.73. The number of benzene rings is 2. The summed E-state index contributed by atoms with van der Waals surface area (Å²) in [5.41, 5.74) is 1.73. The summed E-state index contributed by atoms with van der Waals surface area (Å²) in [6, 6.07) is 11.7. The normalized spacial score (nSPS) is 17.3. The van der Waals surface area contributed by atoms with E-state index < -0.39 is 11.6 Å². The Hall–Kier alpha value is -2.34. The maximum Gasteiger partial charge on any atom is 0.191 e. The quantitative estimate of drug-likeness (QED) is 0.600. The van der Waals surface area contributed by atoms with Gasteiger partial charge >= 0.3 is 0 Å². The van der Waals surface area contributed by atoms with Crippen LogP contribution in [0.2, 0.25) is 5.02 Å². The number of nitrogens with one attached hydrogen (secondary N) is 2. The van der Waals surface area contributed by atoms with E-state index in [0.717, 1.165) is 42.3 Å². The van der Waals surface area contributed by atoms with Gasteiger partial charge in [0, 0.05) is 50.0 Å². The molecule has 1 unspecified atom stereocenters. The van der Waals surface area contributed by atoms with Crippen LogP contribution < -0.4 is 15.5 Å². The SMILES string of the molecule is CN=C(NCc1ccccc1Cl)NCC1CCN(c2ccc(F)c(F)c2)C1. The Bertz CT molecular complexity index is 812. The van der Waals surface area contributed by atoms with Gasteiger partial charge in [-0.1, -0.05) is 29.8 Å². The molecule has 2 N–H and O–H groups in total. The molecule has 144 valence electrons. The van der Waals surface area contributed by atoms with Crippen molar-refractivity contribution in [3.63, 3.8) is 0 Å². The molecule has 1 aliphatic heterocycles. The van der Waals surface area contributed by atoms with Crippen molar-refractivity contribution in [1.82, 2.24) is 10.6 Å². The third-order valence-corrected chi connectivity index (χ3v) is 5.11. The second kappa shape index (κ2) is 9.04. The van der Waals surface area contributed by atoms with Gasteiger partial charge in [-0.15, -0.1) is 0 Å². The molecular weight excluding hydrogens is 370 g/mol. The molecule has 0 bridgehead atoms. The second-order valence-corrected chi connectivity index (χ2v) is 7.00. The number of halogens is 3. The maximum atomic E-state index is 13.4. The minimum absolute atomic E-state index is 0.400. The highest BCUT2D eigenvalue weighted by molar-refractivity contribution is 6.31. The van der Waals surface area contributed by atoms with Gasteiger partial charge < -0.3 is 15.5 Å². The van der Waals surface area contributed by atoms with Crippen LogP contribution in [0.1, 0.15) is 12.0 Å². The number of nitrogens with zero attached hydrogens (tertiary/aromatic N) is 2. The first-order valence-corrected chi connectivity index (χ1v) is 9.32. The van der Waals surface area contributed by atoms with Crippen molar-refractivity contribution in [1.29, 1.82) is 0 Å². The molecule has 0 radical (unpaired) electrons. The minimum Gasteiger partial charge on any atom is -0.371 e. The average molecular weight is 393 g/mol. The van der Waals surface area contributed by atoms with E-state index in [9.17, 15) is 8.78 Å². The van der Waals surface area contributed by atoms with E-state index in [1.807, 2.05) is 24.3 Å². The van der Waals surface area contributed by atoms with Crippen LogP contribution in [0.25, 0.3) is 0 Å². The van der Waals surface area contributed by atoms with Crippen LogP contribution in [0.5, 0.6) is 0 Å². The number of guanidine groups is 1. The van der Waals surface area contributed by atoms with E-state index in [4.69, 9.17) is 11.6 Å². The van der Waals surface area contributed by atoms with E-state index >= 15 is 0 Å². The zero-order valence-corrected chi connectivity index (χ0v) is 15.9. The molecule has 0 aliphatic carbocycles. The monoisotopic (exact) mass is 392 g/mol. The number of hydrogen-bond donors (Lipinski definition) is 2. The highest BCUT2D eigenvalue weighted by atomic mass is 35.5. The topological polar surface area (TPSA) is 39.7 Å². The van der Waals surface area contributed by atoms with Gasteiger partial charge in [0.25, 0.3) is 0 Å². The van der Waals surface area contributed by atoms with Crippen molar-refractivity contribution < 1.29 is 8.78 Å². The van der Waals surface area contributed by atoms with E-state index in [0.29, 0.717) is 18.4 Å². The fraction of sp³-hybridized carbons (Fsp3) is 0.350. The zero-order chi connectivity index (χ0) is 19.2. The molecule has 1 fully saturated rings. The first-order valence-electron chi connectivity index (χ1n) is 8.94. The van der Waals surface area contributed by atoms with Crippen LogP contribution >= 0.6 is 11.6 Å². The average Bonchev–Trinajstić information content (AvgIpc) is 3.14. The van der Waals surface area contributed by atoms with E-state index in [1.54, 1.807) is 13.1 Å². The molecule has 7 heteroatoms. The molecule has 27 heavy (non-hydrogen) atoms. The van der Waals surface area contributed by atoms with Crippen molar-refractivity contribution >= 4 is 23.2 Å². The maximum absolute atomic E-state index is 13.4. The molecule has 1 atom stereocenters. The molecule has 1 saturated heterocycles.